The summed E-state index contributed by atoms with van der Waals surface area (Å²) in [5, 5.41) is 5.51. The number of rotatable bonds is 9. The van der Waals surface area contributed by atoms with E-state index in [0.29, 0.717) is 23.5 Å². The molecule has 0 radical (unpaired) electrons. The van der Waals surface area contributed by atoms with Gasteiger partial charge in [-0.2, -0.15) is 0 Å². The molecule has 0 unspecified atom stereocenters. The first-order valence-corrected chi connectivity index (χ1v) is 15.0. The summed E-state index contributed by atoms with van der Waals surface area (Å²) >= 11 is 0. The van der Waals surface area contributed by atoms with E-state index in [4.69, 9.17) is 0 Å². The molecule has 0 spiro atoms. The third kappa shape index (κ3) is 7.69. The van der Waals surface area contributed by atoms with Crippen molar-refractivity contribution < 1.29 is 13.2 Å². The van der Waals surface area contributed by atoms with E-state index in [9.17, 15) is 13.2 Å². The fourth-order valence-corrected chi connectivity index (χ4v) is 6.02. The first kappa shape index (κ1) is 28.3. The maximum Gasteiger partial charge on any atom is 0.319 e. The summed E-state index contributed by atoms with van der Waals surface area (Å²) < 4.78 is 29.7. The molecule has 41 heavy (non-hydrogen) atoms. The molecule has 5 rings (SSSR count). The lowest BCUT2D eigenvalue weighted by Gasteiger charge is -2.32. The summed E-state index contributed by atoms with van der Waals surface area (Å²) in [6, 6.07) is 25.0. The van der Waals surface area contributed by atoms with Crippen molar-refractivity contribution >= 4 is 27.4 Å². The predicted octanol–water partition coefficient (Wildman–Crippen LogP) is 4.62. The number of aromatic nitrogens is 1. The maximum absolute atomic E-state index is 13.5. The van der Waals surface area contributed by atoms with E-state index in [-0.39, 0.29) is 10.9 Å². The highest BCUT2D eigenvalue weighted by atomic mass is 32.2. The van der Waals surface area contributed by atoms with Crippen molar-refractivity contribution in [3.63, 3.8) is 0 Å². The predicted molar refractivity (Wildman–Crippen MR) is 162 cm³/mol. The number of nitrogens with zero attached hydrogens (tertiary/aromatic N) is 3. The van der Waals surface area contributed by atoms with Crippen molar-refractivity contribution in [3.05, 3.63) is 108 Å². The lowest BCUT2D eigenvalue weighted by atomic mass is 10.0. The van der Waals surface area contributed by atoms with Gasteiger partial charge in [-0.05, 0) is 66.2 Å². The number of urea groups is 1. The van der Waals surface area contributed by atoms with E-state index in [1.165, 1.54) is 0 Å². The lowest BCUT2D eigenvalue weighted by molar-refractivity contribution is 0.148. The molecular weight excluding hydrogens is 536 g/mol. The van der Waals surface area contributed by atoms with Crippen LogP contribution in [0.15, 0.2) is 102 Å². The Morgan fingerprint density at radius 1 is 0.854 bits per heavy atom. The Labute approximate surface area is 241 Å². The number of anilines is 2. The molecule has 9 nitrogen and oxygen atoms in total. The first-order chi connectivity index (χ1) is 19.9. The molecule has 1 aliphatic heterocycles. The largest absolute Gasteiger partial charge is 0.334 e. The minimum Gasteiger partial charge on any atom is -0.334 e. The summed E-state index contributed by atoms with van der Waals surface area (Å²) in [7, 11) is -1.75. The molecule has 0 saturated carbocycles. The van der Waals surface area contributed by atoms with Gasteiger partial charge in [-0.3, -0.25) is 14.6 Å². The van der Waals surface area contributed by atoms with E-state index in [0.717, 1.165) is 49.4 Å². The van der Waals surface area contributed by atoms with Crippen molar-refractivity contribution in [2.24, 2.45) is 0 Å². The van der Waals surface area contributed by atoms with Gasteiger partial charge in [0, 0.05) is 68.6 Å². The highest BCUT2D eigenvalue weighted by Gasteiger charge is 2.20. The van der Waals surface area contributed by atoms with E-state index < -0.39 is 10.0 Å². The van der Waals surface area contributed by atoms with Crippen LogP contribution < -0.4 is 15.4 Å². The SMILES string of the molecule is CN1CCN(Cc2cccc(-c3ccccc3S(=O)(=O)Nc3ccc(NC(=O)NCc4cccnc4)cc3)c2)CC1. The molecule has 3 N–H and O–H groups in total. The summed E-state index contributed by atoms with van der Waals surface area (Å²) in [4.78, 5) is 21.2. The average Bonchev–Trinajstić information content (AvgIpc) is 2.99. The van der Waals surface area contributed by atoms with Crippen LogP contribution in [0.2, 0.25) is 0 Å². The summed E-state index contributed by atoms with van der Waals surface area (Å²) in [6.45, 7) is 5.29. The molecular formula is C31H34N6O3S. The van der Waals surface area contributed by atoms with Gasteiger partial charge in [0.1, 0.15) is 0 Å². The molecule has 10 heteroatoms. The normalized spacial score (nSPS) is 14.4. The highest BCUT2D eigenvalue weighted by molar-refractivity contribution is 7.92. The smallest absolute Gasteiger partial charge is 0.319 e. The van der Waals surface area contributed by atoms with Gasteiger partial charge in [-0.25, -0.2) is 13.2 Å². The zero-order valence-electron chi connectivity index (χ0n) is 23.0. The Morgan fingerprint density at radius 2 is 1.59 bits per heavy atom. The molecule has 1 fully saturated rings. The van der Waals surface area contributed by atoms with Crippen molar-refractivity contribution in [1.82, 2.24) is 20.1 Å². The van der Waals surface area contributed by atoms with Gasteiger partial charge < -0.3 is 15.5 Å². The second-order valence-electron chi connectivity index (χ2n) is 10.1. The Bertz CT molecular complexity index is 1570. The molecule has 3 aromatic carbocycles. The molecule has 2 amide bonds. The zero-order chi connectivity index (χ0) is 28.7. The van der Waals surface area contributed by atoms with Crippen LogP contribution in [-0.2, 0) is 23.1 Å². The number of pyridine rings is 1. The number of piperazine rings is 1. The molecule has 0 aliphatic carbocycles. The van der Waals surface area contributed by atoms with Crippen LogP contribution in [0.4, 0.5) is 16.2 Å². The van der Waals surface area contributed by atoms with E-state index in [1.54, 1.807) is 54.9 Å². The van der Waals surface area contributed by atoms with Crippen molar-refractivity contribution in [1.29, 1.82) is 0 Å². The topological polar surface area (TPSA) is 107 Å². The van der Waals surface area contributed by atoms with E-state index in [2.05, 4.69) is 49.3 Å². The summed E-state index contributed by atoms with van der Waals surface area (Å²) in [5.74, 6) is 0. The number of amides is 2. The van der Waals surface area contributed by atoms with Crippen molar-refractivity contribution in [3.8, 4) is 11.1 Å². The van der Waals surface area contributed by atoms with Gasteiger partial charge in [-0.15, -0.1) is 0 Å². The first-order valence-electron chi connectivity index (χ1n) is 13.5. The zero-order valence-corrected chi connectivity index (χ0v) is 23.8. The average molecular weight is 571 g/mol. The maximum atomic E-state index is 13.5. The number of carbonyl (C=O) groups excluding carboxylic acids is 1. The standard InChI is InChI=1S/C31H34N6O3S/c1-36-16-18-37(19-17-36)23-24-6-4-8-26(20-24)29-9-2-3-10-30(29)41(39,40)35-28-13-11-27(12-14-28)34-31(38)33-22-25-7-5-15-32-21-25/h2-15,20-21,35H,16-19,22-23H2,1H3,(H2,33,34,38). The molecule has 0 atom stereocenters. The fourth-order valence-electron chi connectivity index (χ4n) is 4.73. The quantitative estimate of drug-likeness (QED) is 0.271. The van der Waals surface area contributed by atoms with Crippen LogP contribution in [-0.4, -0.2) is 62.5 Å². The van der Waals surface area contributed by atoms with Crippen LogP contribution in [0.25, 0.3) is 11.1 Å². The van der Waals surface area contributed by atoms with E-state index in [1.807, 2.05) is 30.3 Å². The Kier molecular flexibility index (Phi) is 8.93. The van der Waals surface area contributed by atoms with Crippen LogP contribution in [0.5, 0.6) is 0 Å². The summed E-state index contributed by atoms with van der Waals surface area (Å²) in [5.41, 5.74) is 4.46. The van der Waals surface area contributed by atoms with Crippen molar-refractivity contribution in [2.75, 3.05) is 43.3 Å². The molecule has 4 aromatic rings. The molecule has 0 bridgehead atoms. The third-order valence-corrected chi connectivity index (χ3v) is 8.43. The monoisotopic (exact) mass is 570 g/mol. The van der Waals surface area contributed by atoms with Gasteiger partial charge in [0.05, 0.1) is 4.90 Å². The highest BCUT2D eigenvalue weighted by Crippen LogP contribution is 2.30. The lowest BCUT2D eigenvalue weighted by Crippen LogP contribution is -2.43. The minimum atomic E-state index is -3.89. The van der Waals surface area contributed by atoms with Crippen molar-refractivity contribution in [2.45, 2.75) is 18.0 Å². The number of benzene rings is 3. The molecule has 1 aromatic heterocycles. The minimum absolute atomic E-state index is 0.203. The van der Waals surface area contributed by atoms with Gasteiger partial charge in [0.15, 0.2) is 0 Å². The second kappa shape index (κ2) is 12.9. The van der Waals surface area contributed by atoms with E-state index >= 15 is 0 Å². The van der Waals surface area contributed by atoms with Gasteiger partial charge in [-0.1, -0.05) is 42.5 Å². The number of nitrogens with one attached hydrogen (secondary N) is 3. The third-order valence-electron chi connectivity index (χ3n) is 6.99. The molecule has 1 aliphatic rings. The number of carbonyl (C=O) groups is 1. The summed E-state index contributed by atoms with van der Waals surface area (Å²) in [6.07, 6.45) is 3.36. The number of sulfonamides is 1. The molecule has 2 heterocycles. The van der Waals surface area contributed by atoms with Crippen LogP contribution in [0, 0.1) is 0 Å². The van der Waals surface area contributed by atoms with Crippen LogP contribution in [0.3, 0.4) is 0 Å². The van der Waals surface area contributed by atoms with Gasteiger partial charge in [0.2, 0.25) is 0 Å². The number of likely N-dealkylation sites (N-methyl/N-ethyl adjacent to an activating group) is 1. The fraction of sp³-hybridized carbons (Fsp3) is 0.226. The van der Waals surface area contributed by atoms with Gasteiger partial charge in [0.25, 0.3) is 10.0 Å². The van der Waals surface area contributed by atoms with Crippen LogP contribution >= 0.6 is 0 Å². The van der Waals surface area contributed by atoms with Crippen LogP contribution in [0.1, 0.15) is 11.1 Å². The molecule has 1 saturated heterocycles. The Morgan fingerprint density at radius 3 is 2.34 bits per heavy atom. The molecule has 212 valence electrons. The number of hydrogen-bond acceptors (Lipinski definition) is 6. The number of hydrogen-bond donors (Lipinski definition) is 3. The Hall–Kier alpha value is -4.25. The Balaban J connectivity index is 1.25. The second-order valence-corrected chi connectivity index (χ2v) is 11.8. The van der Waals surface area contributed by atoms with Gasteiger partial charge >= 0.3 is 6.03 Å².